The van der Waals surface area contributed by atoms with E-state index in [0.29, 0.717) is 24.4 Å². The first kappa shape index (κ1) is 14.3. The molecule has 2 aromatic rings. The molecule has 20 heavy (non-hydrogen) atoms. The van der Waals surface area contributed by atoms with Crippen molar-refractivity contribution in [3.63, 3.8) is 0 Å². The molecule has 2 rings (SSSR count). The van der Waals surface area contributed by atoms with Gasteiger partial charge < -0.3 is 14.0 Å². The topological polar surface area (TPSA) is 58.3 Å². The van der Waals surface area contributed by atoms with Gasteiger partial charge in [-0.1, -0.05) is 0 Å². The van der Waals surface area contributed by atoms with Crippen molar-refractivity contribution in [3.8, 4) is 5.82 Å². The molecule has 1 atom stereocenters. The summed E-state index contributed by atoms with van der Waals surface area (Å²) in [4.78, 5) is 12.1. The minimum absolute atomic E-state index is 0.0700. The van der Waals surface area contributed by atoms with E-state index in [4.69, 9.17) is 9.47 Å². The van der Waals surface area contributed by atoms with E-state index in [-0.39, 0.29) is 12.1 Å². The maximum absolute atomic E-state index is 12.1. The zero-order valence-corrected chi connectivity index (χ0v) is 11.9. The van der Waals surface area contributed by atoms with Crippen molar-refractivity contribution in [2.45, 2.75) is 19.4 Å². The number of hydrogen-bond donors (Lipinski definition) is 0. The molecule has 2 heterocycles. The molecule has 2 aromatic heterocycles. The van der Waals surface area contributed by atoms with Crippen molar-refractivity contribution >= 4 is 5.97 Å². The van der Waals surface area contributed by atoms with Crippen LogP contribution in [0.4, 0.5) is 0 Å². The summed E-state index contributed by atoms with van der Waals surface area (Å²) in [6, 6.07) is 3.78. The Balaban J connectivity index is 2.08. The van der Waals surface area contributed by atoms with Gasteiger partial charge in [-0.2, -0.15) is 5.10 Å². The molecule has 6 nitrogen and oxygen atoms in total. The molecule has 0 aliphatic heterocycles. The van der Waals surface area contributed by atoms with E-state index >= 15 is 0 Å². The molecular weight excluding hydrogens is 258 g/mol. The minimum atomic E-state index is -0.370. The Bertz CT molecular complexity index is 560. The van der Waals surface area contributed by atoms with Crippen LogP contribution in [0.1, 0.15) is 23.7 Å². The van der Waals surface area contributed by atoms with Gasteiger partial charge in [0.05, 0.1) is 18.9 Å². The number of methoxy groups -OCH3 is 1. The van der Waals surface area contributed by atoms with Crippen molar-refractivity contribution in [2.75, 3.05) is 13.7 Å². The predicted molar refractivity (Wildman–Crippen MR) is 73.9 cm³/mol. The Hall–Kier alpha value is -2.08. The number of aromatic nitrogens is 3. The molecule has 0 aliphatic carbocycles. The largest absolute Gasteiger partial charge is 0.462 e. The third-order valence-electron chi connectivity index (χ3n) is 3.14. The van der Waals surface area contributed by atoms with Crippen LogP contribution in [0.15, 0.2) is 30.7 Å². The summed E-state index contributed by atoms with van der Waals surface area (Å²) in [5, 5.41) is 4.12. The van der Waals surface area contributed by atoms with Gasteiger partial charge in [-0.25, -0.2) is 4.79 Å². The van der Waals surface area contributed by atoms with Crippen molar-refractivity contribution in [1.29, 1.82) is 0 Å². The molecule has 0 amide bonds. The number of hydrogen-bond acceptors (Lipinski definition) is 4. The first-order valence-corrected chi connectivity index (χ1v) is 6.48. The van der Waals surface area contributed by atoms with E-state index in [1.165, 1.54) is 6.20 Å². The lowest BCUT2D eigenvalue weighted by Gasteiger charge is -2.10. The first-order valence-electron chi connectivity index (χ1n) is 6.48. The van der Waals surface area contributed by atoms with Crippen molar-refractivity contribution in [3.05, 3.63) is 36.3 Å². The Morgan fingerprint density at radius 3 is 2.75 bits per heavy atom. The summed E-state index contributed by atoms with van der Waals surface area (Å²) in [6.07, 6.45) is 5.99. The fraction of sp³-hybridized carbons (Fsp3) is 0.429. The zero-order chi connectivity index (χ0) is 14.5. The lowest BCUT2D eigenvalue weighted by Crippen LogP contribution is -2.14. The molecule has 0 fully saturated rings. The molecule has 0 N–H and O–H groups in total. The number of ether oxygens (including phenoxy) is 2. The van der Waals surface area contributed by atoms with E-state index in [0.717, 1.165) is 0 Å². The van der Waals surface area contributed by atoms with Crippen LogP contribution < -0.4 is 0 Å². The summed E-state index contributed by atoms with van der Waals surface area (Å²) in [6.45, 7) is 2.26. The highest BCUT2D eigenvalue weighted by molar-refractivity contribution is 5.92. The van der Waals surface area contributed by atoms with Crippen molar-refractivity contribution < 1.29 is 14.3 Å². The Labute approximate surface area is 117 Å². The van der Waals surface area contributed by atoms with Gasteiger partial charge in [0.1, 0.15) is 11.4 Å². The van der Waals surface area contributed by atoms with Crippen LogP contribution in [0.5, 0.6) is 0 Å². The number of esters is 1. The standard InChI is InChI=1S/C14H19N3O3/c1-11(19-3)6-9-20-14(18)12-10-15-16(2)13(12)17-7-4-5-8-17/h4-5,7-8,10-11H,6,9H2,1-3H3. The van der Waals surface area contributed by atoms with E-state index < -0.39 is 0 Å². The quantitative estimate of drug-likeness (QED) is 0.755. The lowest BCUT2D eigenvalue weighted by atomic mass is 10.3. The van der Waals surface area contributed by atoms with Gasteiger partial charge in [0.2, 0.25) is 0 Å². The monoisotopic (exact) mass is 277 g/mol. The Morgan fingerprint density at radius 1 is 1.40 bits per heavy atom. The fourth-order valence-electron chi connectivity index (χ4n) is 1.87. The van der Waals surface area contributed by atoms with Crippen molar-refractivity contribution in [2.24, 2.45) is 7.05 Å². The van der Waals surface area contributed by atoms with Gasteiger partial charge in [-0.3, -0.25) is 4.68 Å². The van der Waals surface area contributed by atoms with Gasteiger partial charge in [-0.15, -0.1) is 0 Å². The maximum atomic E-state index is 12.1. The average Bonchev–Trinajstić information content (AvgIpc) is 3.07. The number of carbonyl (C=O) groups is 1. The van der Waals surface area contributed by atoms with Crippen LogP contribution in [-0.2, 0) is 16.5 Å². The van der Waals surface area contributed by atoms with E-state index in [1.54, 1.807) is 18.8 Å². The predicted octanol–water partition coefficient (Wildman–Crippen LogP) is 1.79. The molecule has 6 heteroatoms. The van der Waals surface area contributed by atoms with Gasteiger partial charge >= 0.3 is 5.97 Å². The summed E-state index contributed by atoms with van der Waals surface area (Å²) in [7, 11) is 3.43. The second-order valence-electron chi connectivity index (χ2n) is 4.57. The zero-order valence-electron chi connectivity index (χ0n) is 11.9. The van der Waals surface area contributed by atoms with E-state index in [9.17, 15) is 4.79 Å². The Morgan fingerprint density at radius 2 is 2.10 bits per heavy atom. The van der Waals surface area contributed by atoms with Crippen LogP contribution in [-0.4, -0.2) is 40.1 Å². The van der Waals surface area contributed by atoms with Gasteiger partial charge in [0.15, 0.2) is 0 Å². The number of rotatable bonds is 6. The van der Waals surface area contributed by atoms with E-state index in [1.807, 2.05) is 36.0 Å². The summed E-state index contributed by atoms with van der Waals surface area (Å²) in [5.41, 5.74) is 0.453. The average molecular weight is 277 g/mol. The molecule has 0 radical (unpaired) electrons. The fourth-order valence-corrected chi connectivity index (χ4v) is 1.87. The molecule has 0 aliphatic rings. The highest BCUT2D eigenvalue weighted by Gasteiger charge is 2.18. The third-order valence-corrected chi connectivity index (χ3v) is 3.14. The van der Waals surface area contributed by atoms with Crippen LogP contribution in [0, 0.1) is 0 Å². The summed E-state index contributed by atoms with van der Waals surface area (Å²) < 4.78 is 13.9. The molecule has 1 unspecified atom stereocenters. The van der Waals surface area contributed by atoms with Gasteiger partial charge in [0, 0.05) is 33.0 Å². The highest BCUT2D eigenvalue weighted by atomic mass is 16.5. The van der Waals surface area contributed by atoms with Gasteiger partial charge in [-0.05, 0) is 19.1 Å². The van der Waals surface area contributed by atoms with Crippen LogP contribution in [0.25, 0.3) is 5.82 Å². The molecule has 0 saturated heterocycles. The minimum Gasteiger partial charge on any atom is -0.462 e. The molecule has 0 aromatic carbocycles. The maximum Gasteiger partial charge on any atom is 0.343 e. The number of nitrogens with zero attached hydrogens (tertiary/aromatic N) is 3. The molecular formula is C14H19N3O3. The number of carbonyl (C=O) groups excluding carboxylic acids is 1. The molecule has 0 saturated carbocycles. The lowest BCUT2D eigenvalue weighted by molar-refractivity contribution is 0.0391. The third kappa shape index (κ3) is 3.08. The number of aryl methyl sites for hydroxylation is 1. The molecule has 0 spiro atoms. The van der Waals surface area contributed by atoms with Crippen LogP contribution in [0.3, 0.4) is 0 Å². The highest BCUT2D eigenvalue weighted by Crippen LogP contribution is 2.15. The SMILES string of the molecule is COC(C)CCOC(=O)c1cnn(C)c1-n1cccc1. The molecule has 108 valence electrons. The second-order valence-corrected chi connectivity index (χ2v) is 4.57. The second kappa shape index (κ2) is 6.38. The molecule has 0 bridgehead atoms. The van der Waals surface area contributed by atoms with Crippen LogP contribution >= 0.6 is 0 Å². The van der Waals surface area contributed by atoms with Crippen LogP contribution in [0.2, 0.25) is 0 Å². The van der Waals surface area contributed by atoms with Crippen molar-refractivity contribution in [1.82, 2.24) is 14.3 Å². The first-order chi connectivity index (χ1) is 9.63. The van der Waals surface area contributed by atoms with E-state index in [2.05, 4.69) is 5.10 Å². The normalized spacial score (nSPS) is 12.3. The Kier molecular flexibility index (Phi) is 4.57. The smallest absolute Gasteiger partial charge is 0.343 e. The summed E-state index contributed by atoms with van der Waals surface area (Å²) in [5.74, 6) is 0.324. The van der Waals surface area contributed by atoms with Gasteiger partial charge in [0.25, 0.3) is 0 Å². The summed E-state index contributed by atoms with van der Waals surface area (Å²) >= 11 is 0.